The fourth-order valence-corrected chi connectivity index (χ4v) is 1.79. The summed E-state index contributed by atoms with van der Waals surface area (Å²) < 4.78 is 10.1. The van der Waals surface area contributed by atoms with Crippen LogP contribution in [0.25, 0.3) is 0 Å². The van der Waals surface area contributed by atoms with Crippen LogP contribution in [0.15, 0.2) is 24.3 Å². The number of carbonyl (C=O) groups is 2. The second-order valence-electron chi connectivity index (χ2n) is 3.73. The summed E-state index contributed by atoms with van der Waals surface area (Å²) in [5.74, 6) is -0.0928. The Kier molecular flexibility index (Phi) is 2.99. The third-order valence-corrected chi connectivity index (χ3v) is 2.62. The molecule has 0 bridgehead atoms. The van der Waals surface area contributed by atoms with Crippen molar-refractivity contribution in [3.05, 3.63) is 24.3 Å². The predicted octanol–water partition coefficient (Wildman–Crippen LogP) is 0.973. The van der Waals surface area contributed by atoms with Gasteiger partial charge in [0, 0.05) is 6.92 Å². The van der Waals surface area contributed by atoms with Crippen LogP contribution >= 0.6 is 0 Å². The SMILES string of the molecule is COC(=O)[C@@H]1CN(C(C)=O)c2ccccc2O1. The molecule has 0 spiro atoms. The number of rotatable bonds is 1. The Balaban J connectivity index is 2.36. The second kappa shape index (κ2) is 4.45. The van der Waals surface area contributed by atoms with Crippen molar-refractivity contribution in [1.82, 2.24) is 0 Å². The lowest BCUT2D eigenvalue weighted by atomic mass is 10.2. The first-order valence-corrected chi connectivity index (χ1v) is 5.25. The van der Waals surface area contributed by atoms with E-state index in [-0.39, 0.29) is 12.5 Å². The summed E-state index contributed by atoms with van der Waals surface area (Å²) in [6.45, 7) is 1.63. The first kappa shape index (κ1) is 11.4. The largest absolute Gasteiger partial charge is 0.475 e. The number of esters is 1. The molecule has 2 rings (SSSR count). The second-order valence-corrected chi connectivity index (χ2v) is 3.73. The maximum atomic E-state index is 11.5. The average molecular weight is 235 g/mol. The van der Waals surface area contributed by atoms with E-state index in [0.29, 0.717) is 11.4 Å². The zero-order valence-corrected chi connectivity index (χ0v) is 9.67. The van der Waals surface area contributed by atoms with Gasteiger partial charge < -0.3 is 14.4 Å². The fraction of sp³-hybridized carbons (Fsp3) is 0.333. The highest BCUT2D eigenvalue weighted by Gasteiger charge is 2.32. The number of anilines is 1. The molecule has 0 saturated carbocycles. The van der Waals surface area contributed by atoms with Crippen molar-refractivity contribution in [2.75, 3.05) is 18.6 Å². The molecule has 1 heterocycles. The number of fused-ring (bicyclic) bond motifs is 1. The number of methoxy groups -OCH3 is 1. The Morgan fingerprint density at radius 2 is 2.12 bits per heavy atom. The van der Waals surface area contributed by atoms with Crippen LogP contribution in [0.3, 0.4) is 0 Å². The summed E-state index contributed by atoms with van der Waals surface area (Å²) in [6.07, 6.45) is -0.765. The maximum absolute atomic E-state index is 11.5. The smallest absolute Gasteiger partial charge is 0.348 e. The normalized spacial score (nSPS) is 18.0. The van der Waals surface area contributed by atoms with Crippen LogP contribution in [0.5, 0.6) is 5.75 Å². The highest BCUT2D eigenvalue weighted by Crippen LogP contribution is 2.33. The van der Waals surface area contributed by atoms with Gasteiger partial charge >= 0.3 is 5.97 Å². The van der Waals surface area contributed by atoms with Gasteiger partial charge in [-0.3, -0.25) is 4.79 Å². The van der Waals surface area contributed by atoms with E-state index in [2.05, 4.69) is 4.74 Å². The summed E-state index contributed by atoms with van der Waals surface area (Å²) in [6, 6.07) is 7.11. The third kappa shape index (κ3) is 2.08. The minimum absolute atomic E-state index is 0.130. The molecule has 0 unspecified atom stereocenters. The lowest BCUT2D eigenvalue weighted by Gasteiger charge is -2.32. The quantitative estimate of drug-likeness (QED) is 0.681. The van der Waals surface area contributed by atoms with Crippen molar-refractivity contribution in [2.45, 2.75) is 13.0 Å². The van der Waals surface area contributed by atoms with E-state index in [1.54, 1.807) is 18.2 Å². The topological polar surface area (TPSA) is 55.8 Å². The highest BCUT2D eigenvalue weighted by atomic mass is 16.6. The van der Waals surface area contributed by atoms with E-state index in [0.717, 1.165) is 0 Å². The minimum atomic E-state index is -0.765. The Hall–Kier alpha value is -2.04. The van der Waals surface area contributed by atoms with Gasteiger partial charge in [0.2, 0.25) is 12.0 Å². The van der Waals surface area contributed by atoms with Gasteiger partial charge in [-0.2, -0.15) is 0 Å². The van der Waals surface area contributed by atoms with Crippen LogP contribution in [-0.4, -0.2) is 31.6 Å². The Labute approximate surface area is 98.9 Å². The van der Waals surface area contributed by atoms with Gasteiger partial charge in [0.1, 0.15) is 5.75 Å². The fourth-order valence-electron chi connectivity index (χ4n) is 1.79. The highest BCUT2D eigenvalue weighted by molar-refractivity contribution is 5.95. The van der Waals surface area contributed by atoms with E-state index in [4.69, 9.17) is 4.74 Å². The molecule has 0 radical (unpaired) electrons. The van der Waals surface area contributed by atoms with Gasteiger partial charge in [-0.15, -0.1) is 0 Å². The number of hydrogen-bond donors (Lipinski definition) is 0. The molecular formula is C12H13NO4. The molecule has 0 saturated heterocycles. The van der Waals surface area contributed by atoms with Gasteiger partial charge in [-0.25, -0.2) is 4.79 Å². The van der Waals surface area contributed by atoms with Crippen LogP contribution in [0, 0.1) is 0 Å². The summed E-state index contributed by atoms with van der Waals surface area (Å²) in [4.78, 5) is 24.5. The van der Waals surface area contributed by atoms with Crippen molar-refractivity contribution in [2.24, 2.45) is 0 Å². The first-order chi connectivity index (χ1) is 8.13. The lowest BCUT2D eigenvalue weighted by Crippen LogP contribution is -2.46. The molecule has 1 aromatic carbocycles. The molecule has 1 amide bonds. The summed E-state index contributed by atoms with van der Waals surface area (Å²) in [7, 11) is 1.30. The molecule has 5 heteroatoms. The number of carbonyl (C=O) groups excluding carboxylic acids is 2. The molecule has 0 aliphatic carbocycles. The first-order valence-electron chi connectivity index (χ1n) is 5.25. The molecule has 1 aliphatic rings. The van der Waals surface area contributed by atoms with Crippen LogP contribution in [0.1, 0.15) is 6.92 Å². The van der Waals surface area contributed by atoms with E-state index in [1.807, 2.05) is 6.07 Å². The molecule has 0 N–H and O–H groups in total. The Morgan fingerprint density at radius 3 is 2.76 bits per heavy atom. The molecule has 1 aliphatic heterocycles. The van der Waals surface area contributed by atoms with E-state index >= 15 is 0 Å². The number of amides is 1. The van der Waals surface area contributed by atoms with Crippen molar-refractivity contribution in [3.8, 4) is 5.75 Å². The van der Waals surface area contributed by atoms with Gasteiger partial charge in [0.05, 0.1) is 19.3 Å². The Morgan fingerprint density at radius 1 is 1.41 bits per heavy atom. The number of ether oxygens (including phenoxy) is 2. The lowest BCUT2D eigenvalue weighted by molar-refractivity contribution is -0.148. The predicted molar refractivity (Wildman–Crippen MR) is 60.9 cm³/mol. The summed E-state index contributed by atoms with van der Waals surface area (Å²) in [5, 5.41) is 0. The summed E-state index contributed by atoms with van der Waals surface area (Å²) >= 11 is 0. The van der Waals surface area contributed by atoms with Gasteiger partial charge in [-0.05, 0) is 12.1 Å². The van der Waals surface area contributed by atoms with Crippen molar-refractivity contribution in [3.63, 3.8) is 0 Å². The number of hydrogen-bond acceptors (Lipinski definition) is 4. The number of nitrogens with zero attached hydrogens (tertiary/aromatic N) is 1. The maximum Gasteiger partial charge on any atom is 0.348 e. The van der Waals surface area contributed by atoms with Gasteiger partial charge in [0.15, 0.2) is 0 Å². The van der Waals surface area contributed by atoms with E-state index in [1.165, 1.54) is 18.9 Å². The van der Waals surface area contributed by atoms with Gasteiger partial charge in [0.25, 0.3) is 0 Å². The summed E-state index contributed by atoms with van der Waals surface area (Å²) in [5.41, 5.74) is 0.681. The molecule has 90 valence electrons. The average Bonchev–Trinajstić information content (AvgIpc) is 2.36. The van der Waals surface area contributed by atoms with E-state index < -0.39 is 12.1 Å². The van der Waals surface area contributed by atoms with Crippen LogP contribution in [0.4, 0.5) is 5.69 Å². The van der Waals surface area contributed by atoms with Crippen LogP contribution in [0.2, 0.25) is 0 Å². The zero-order valence-electron chi connectivity index (χ0n) is 9.67. The minimum Gasteiger partial charge on any atom is -0.475 e. The van der Waals surface area contributed by atoms with Crippen molar-refractivity contribution >= 4 is 17.6 Å². The molecule has 0 aromatic heterocycles. The molecule has 1 aromatic rings. The molecule has 0 fully saturated rings. The van der Waals surface area contributed by atoms with Crippen LogP contribution < -0.4 is 9.64 Å². The number of para-hydroxylation sites is 2. The van der Waals surface area contributed by atoms with Crippen LogP contribution in [-0.2, 0) is 14.3 Å². The monoisotopic (exact) mass is 235 g/mol. The number of benzene rings is 1. The third-order valence-electron chi connectivity index (χ3n) is 2.62. The van der Waals surface area contributed by atoms with Gasteiger partial charge in [-0.1, -0.05) is 12.1 Å². The standard InChI is InChI=1S/C12H13NO4/c1-8(14)13-7-11(12(15)16-2)17-10-6-4-3-5-9(10)13/h3-6,11H,7H2,1-2H3/t11-/m0/s1. The van der Waals surface area contributed by atoms with Crippen molar-refractivity contribution < 1.29 is 19.1 Å². The molecular weight excluding hydrogens is 222 g/mol. The Bertz CT molecular complexity index is 458. The van der Waals surface area contributed by atoms with Crippen molar-refractivity contribution in [1.29, 1.82) is 0 Å². The molecule has 5 nitrogen and oxygen atoms in total. The van der Waals surface area contributed by atoms with E-state index in [9.17, 15) is 9.59 Å². The molecule has 1 atom stereocenters. The molecule has 17 heavy (non-hydrogen) atoms. The zero-order chi connectivity index (χ0) is 12.4.